The van der Waals surface area contributed by atoms with Gasteiger partial charge in [-0.05, 0) is 51.8 Å². The second-order valence-corrected chi connectivity index (χ2v) is 6.02. The lowest BCUT2D eigenvalue weighted by Crippen LogP contribution is -2.47. The highest BCUT2D eigenvalue weighted by atomic mass is 127. The first-order valence-corrected chi connectivity index (χ1v) is 7.66. The van der Waals surface area contributed by atoms with Crippen molar-refractivity contribution in [3.63, 3.8) is 0 Å². The maximum atomic E-state index is 5.36. The van der Waals surface area contributed by atoms with Crippen LogP contribution in [0.25, 0.3) is 0 Å². The Morgan fingerprint density at radius 1 is 1.26 bits per heavy atom. The molecule has 5 heteroatoms. The highest BCUT2D eigenvalue weighted by Crippen LogP contribution is 2.12. The Kier molecular flexibility index (Phi) is 10.5. The third-order valence-corrected chi connectivity index (χ3v) is 2.75. The number of halogens is 1. The molecule has 0 fully saturated rings. The van der Waals surface area contributed by atoms with Crippen molar-refractivity contribution in [2.45, 2.75) is 39.7 Å². The van der Waals surface area contributed by atoms with Crippen LogP contribution in [0.1, 0.15) is 33.3 Å². The quantitative estimate of drug-likeness (QED) is 0.316. The van der Waals surface area contributed by atoms with Gasteiger partial charge in [-0.1, -0.05) is 18.1 Å². The van der Waals surface area contributed by atoms with E-state index in [0.29, 0.717) is 6.61 Å². The van der Waals surface area contributed by atoms with E-state index in [1.165, 1.54) is 5.56 Å². The Labute approximate surface area is 157 Å². The monoisotopic (exact) mass is 429 g/mol. The first-order valence-electron chi connectivity index (χ1n) is 7.66. The number of rotatable bonds is 6. The van der Waals surface area contributed by atoms with E-state index in [1.54, 1.807) is 0 Å². The molecule has 0 bridgehead atoms. The molecule has 0 atom stereocenters. The normalized spacial score (nSPS) is 11.2. The first kappa shape index (κ1) is 21.6. The standard InChI is InChI=1S/C18H27N3O.HI/c1-6-14-22-16-10-8-15(9-11-16)12-13-20-17(19-7-2)21-18(3,4)5;/h1,8-11H,7,12-14H2,2-5H3,(H2,19,20,21);1H. The van der Waals surface area contributed by atoms with Crippen LogP contribution in [0, 0.1) is 12.3 Å². The number of nitrogens with zero attached hydrogens (tertiary/aromatic N) is 1. The maximum absolute atomic E-state index is 5.36. The molecule has 0 aliphatic rings. The van der Waals surface area contributed by atoms with Crippen molar-refractivity contribution in [2.75, 3.05) is 19.7 Å². The predicted octanol–water partition coefficient (Wildman–Crippen LogP) is 3.21. The number of guanidine groups is 1. The molecule has 0 heterocycles. The van der Waals surface area contributed by atoms with E-state index in [-0.39, 0.29) is 29.5 Å². The average molecular weight is 429 g/mol. The Bertz CT molecular complexity index is 513. The van der Waals surface area contributed by atoms with Gasteiger partial charge in [0.2, 0.25) is 0 Å². The molecular formula is C18H28IN3O. The van der Waals surface area contributed by atoms with E-state index in [1.807, 2.05) is 24.3 Å². The minimum absolute atomic E-state index is 0. The summed E-state index contributed by atoms with van der Waals surface area (Å²) in [5.74, 6) is 4.10. The van der Waals surface area contributed by atoms with Crippen molar-refractivity contribution < 1.29 is 4.74 Å². The van der Waals surface area contributed by atoms with E-state index in [9.17, 15) is 0 Å². The van der Waals surface area contributed by atoms with Crippen LogP contribution in [-0.2, 0) is 6.42 Å². The average Bonchev–Trinajstić information content (AvgIpc) is 2.45. The Balaban J connectivity index is 0.00000484. The zero-order chi connectivity index (χ0) is 16.4. The molecule has 23 heavy (non-hydrogen) atoms. The summed E-state index contributed by atoms with van der Waals surface area (Å²) in [5.41, 5.74) is 1.22. The van der Waals surface area contributed by atoms with Gasteiger partial charge in [0.15, 0.2) is 5.96 Å². The molecule has 0 saturated heterocycles. The molecule has 4 nitrogen and oxygen atoms in total. The van der Waals surface area contributed by atoms with Gasteiger partial charge in [-0.3, -0.25) is 4.99 Å². The van der Waals surface area contributed by atoms with Gasteiger partial charge in [0, 0.05) is 18.6 Å². The number of benzene rings is 1. The summed E-state index contributed by atoms with van der Waals surface area (Å²) in [5, 5.41) is 6.63. The molecule has 0 radical (unpaired) electrons. The molecular weight excluding hydrogens is 401 g/mol. The minimum atomic E-state index is -0.00296. The molecule has 0 amide bonds. The van der Waals surface area contributed by atoms with Crippen LogP contribution in [0.2, 0.25) is 0 Å². The molecule has 0 unspecified atom stereocenters. The molecule has 0 aliphatic carbocycles. The number of aliphatic imine (C=N–C) groups is 1. The topological polar surface area (TPSA) is 45.6 Å². The van der Waals surface area contributed by atoms with Gasteiger partial charge >= 0.3 is 0 Å². The number of terminal acetylenes is 1. The fourth-order valence-corrected chi connectivity index (χ4v) is 1.84. The maximum Gasteiger partial charge on any atom is 0.191 e. The molecule has 2 N–H and O–H groups in total. The fourth-order valence-electron chi connectivity index (χ4n) is 1.84. The van der Waals surface area contributed by atoms with E-state index < -0.39 is 0 Å². The number of hydrogen-bond acceptors (Lipinski definition) is 2. The molecule has 0 aliphatic heterocycles. The number of hydrogen-bond donors (Lipinski definition) is 2. The summed E-state index contributed by atoms with van der Waals surface area (Å²) in [4.78, 5) is 4.60. The Morgan fingerprint density at radius 2 is 1.91 bits per heavy atom. The predicted molar refractivity (Wildman–Crippen MR) is 109 cm³/mol. The first-order chi connectivity index (χ1) is 10.4. The van der Waals surface area contributed by atoms with Crippen LogP contribution >= 0.6 is 24.0 Å². The summed E-state index contributed by atoms with van der Waals surface area (Å²) in [7, 11) is 0. The van der Waals surface area contributed by atoms with Crippen molar-refractivity contribution in [3.05, 3.63) is 29.8 Å². The van der Waals surface area contributed by atoms with Gasteiger partial charge < -0.3 is 15.4 Å². The summed E-state index contributed by atoms with van der Waals surface area (Å²) in [6.45, 7) is 10.3. The van der Waals surface area contributed by atoms with Crippen molar-refractivity contribution in [1.29, 1.82) is 0 Å². The molecule has 0 spiro atoms. The Morgan fingerprint density at radius 3 is 2.43 bits per heavy atom. The highest BCUT2D eigenvalue weighted by molar-refractivity contribution is 14.0. The summed E-state index contributed by atoms with van der Waals surface area (Å²) in [6.07, 6.45) is 6.05. The van der Waals surface area contributed by atoms with Gasteiger partial charge in [-0.25, -0.2) is 0 Å². The molecule has 0 aromatic heterocycles. The van der Waals surface area contributed by atoms with E-state index in [2.05, 4.69) is 49.2 Å². The zero-order valence-corrected chi connectivity index (χ0v) is 16.8. The van der Waals surface area contributed by atoms with Crippen LogP contribution in [-0.4, -0.2) is 31.2 Å². The SMILES string of the molecule is C#CCOc1ccc(CCN=C(NCC)NC(C)(C)C)cc1.I. The van der Waals surface area contributed by atoms with Crippen LogP contribution < -0.4 is 15.4 Å². The second kappa shape index (κ2) is 11.2. The minimum Gasteiger partial charge on any atom is -0.481 e. The molecule has 1 aromatic rings. The van der Waals surface area contributed by atoms with Crippen molar-refractivity contribution in [1.82, 2.24) is 10.6 Å². The fraction of sp³-hybridized carbons (Fsp3) is 0.500. The molecule has 1 aromatic carbocycles. The largest absolute Gasteiger partial charge is 0.481 e. The lowest BCUT2D eigenvalue weighted by atomic mass is 10.1. The summed E-state index contributed by atoms with van der Waals surface area (Å²) >= 11 is 0. The lowest BCUT2D eigenvalue weighted by molar-refractivity contribution is 0.370. The zero-order valence-electron chi connectivity index (χ0n) is 14.5. The number of ether oxygens (including phenoxy) is 1. The van der Waals surface area contributed by atoms with Crippen LogP contribution in [0.5, 0.6) is 5.75 Å². The van der Waals surface area contributed by atoms with Gasteiger partial charge in [0.05, 0.1) is 0 Å². The summed E-state index contributed by atoms with van der Waals surface area (Å²) in [6, 6.07) is 7.97. The smallest absolute Gasteiger partial charge is 0.191 e. The van der Waals surface area contributed by atoms with Crippen LogP contribution in [0.3, 0.4) is 0 Å². The van der Waals surface area contributed by atoms with Crippen LogP contribution in [0.4, 0.5) is 0 Å². The Hall–Kier alpha value is -1.42. The highest BCUT2D eigenvalue weighted by Gasteiger charge is 2.11. The molecule has 0 saturated carbocycles. The van der Waals surface area contributed by atoms with Gasteiger partial charge in [-0.15, -0.1) is 30.4 Å². The third kappa shape index (κ3) is 10.1. The van der Waals surface area contributed by atoms with E-state index in [0.717, 1.165) is 31.2 Å². The van der Waals surface area contributed by atoms with Gasteiger partial charge in [0.1, 0.15) is 12.4 Å². The third-order valence-electron chi connectivity index (χ3n) is 2.75. The van der Waals surface area contributed by atoms with Crippen molar-refractivity contribution >= 4 is 29.9 Å². The van der Waals surface area contributed by atoms with E-state index >= 15 is 0 Å². The van der Waals surface area contributed by atoms with Crippen molar-refractivity contribution in [2.24, 2.45) is 4.99 Å². The van der Waals surface area contributed by atoms with E-state index in [4.69, 9.17) is 11.2 Å². The lowest BCUT2D eigenvalue weighted by Gasteiger charge is -2.23. The number of nitrogens with one attached hydrogen (secondary N) is 2. The summed E-state index contributed by atoms with van der Waals surface area (Å²) < 4.78 is 5.36. The van der Waals surface area contributed by atoms with Gasteiger partial charge in [0.25, 0.3) is 0 Å². The second-order valence-electron chi connectivity index (χ2n) is 6.02. The van der Waals surface area contributed by atoms with Gasteiger partial charge in [-0.2, -0.15) is 0 Å². The van der Waals surface area contributed by atoms with Crippen molar-refractivity contribution in [3.8, 4) is 18.1 Å². The molecule has 1 rings (SSSR count). The van der Waals surface area contributed by atoms with Crippen LogP contribution in [0.15, 0.2) is 29.3 Å². The molecule has 128 valence electrons.